The summed E-state index contributed by atoms with van der Waals surface area (Å²) in [5, 5.41) is 3.14. The van der Waals surface area contributed by atoms with Gasteiger partial charge in [0.05, 0.1) is 28.9 Å². The molecular weight excluding hydrogens is 421 g/mol. The van der Waals surface area contributed by atoms with Crippen LogP contribution >= 0.6 is 0 Å². The van der Waals surface area contributed by atoms with Crippen molar-refractivity contribution in [1.29, 1.82) is 0 Å². The second-order valence-corrected chi connectivity index (χ2v) is 7.54. The minimum absolute atomic E-state index is 0.0492. The van der Waals surface area contributed by atoms with Crippen LogP contribution in [-0.4, -0.2) is 59.3 Å². The van der Waals surface area contributed by atoms with Crippen molar-refractivity contribution in [2.24, 2.45) is 0 Å². The molecular formula is C23H21F3N4O2. The molecule has 2 amide bonds. The van der Waals surface area contributed by atoms with E-state index in [1.54, 1.807) is 17.2 Å². The highest BCUT2D eigenvalue weighted by Crippen LogP contribution is 2.34. The van der Waals surface area contributed by atoms with Crippen molar-refractivity contribution in [1.82, 2.24) is 14.8 Å². The summed E-state index contributed by atoms with van der Waals surface area (Å²) in [6.07, 6.45) is -2.94. The number of anilines is 1. The molecule has 32 heavy (non-hydrogen) atoms. The lowest BCUT2D eigenvalue weighted by atomic mass is 10.1. The van der Waals surface area contributed by atoms with Gasteiger partial charge in [-0.25, -0.2) is 0 Å². The number of nitrogens with zero attached hydrogens (tertiary/aromatic N) is 3. The van der Waals surface area contributed by atoms with Gasteiger partial charge in [-0.2, -0.15) is 13.2 Å². The quantitative estimate of drug-likeness (QED) is 0.670. The van der Waals surface area contributed by atoms with E-state index in [9.17, 15) is 22.8 Å². The number of aromatic nitrogens is 1. The van der Waals surface area contributed by atoms with Crippen LogP contribution < -0.4 is 5.32 Å². The van der Waals surface area contributed by atoms with Gasteiger partial charge in [-0.1, -0.05) is 30.3 Å². The van der Waals surface area contributed by atoms with Gasteiger partial charge < -0.3 is 10.2 Å². The fourth-order valence-electron chi connectivity index (χ4n) is 3.79. The maximum atomic E-state index is 13.1. The summed E-state index contributed by atoms with van der Waals surface area (Å²) >= 11 is 0. The lowest BCUT2D eigenvalue weighted by Gasteiger charge is -2.34. The number of fused-ring (bicyclic) bond motifs is 1. The normalized spacial score (nSPS) is 15.0. The van der Waals surface area contributed by atoms with Crippen molar-refractivity contribution in [3.63, 3.8) is 0 Å². The Kier molecular flexibility index (Phi) is 6.09. The standard InChI is InChI=1S/C23H21F3N4O2/c24-23(25,26)18-6-2-4-8-20(18)28-21(31)15-29-11-13-30(14-12-29)22(32)17-9-10-27-19-7-3-1-5-16(17)19/h1-10H,11-15H2,(H,28,31). The zero-order chi connectivity index (χ0) is 22.7. The van der Waals surface area contributed by atoms with Crippen molar-refractivity contribution in [2.45, 2.75) is 6.18 Å². The van der Waals surface area contributed by atoms with E-state index in [0.29, 0.717) is 31.7 Å². The SMILES string of the molecule is O=C(CN1CCN(C(=O)c2ccnc3ccccc23)CC1)Nc1ccccc1C(F)(F)F. The van der Waals surface area contributed by atoms with Crippen LogP contribution in [0.4, 0.5) is 18.9 Å². The number of hydrogen-bond donors (Lipinski definition) is 1. The Morgan fingerprint density at radius 1 is 0.938 bits per heavy atom. The predicted molar refractivity (Wildman–Crippen MR) is 114 cm³/mol. The largest absolute Gasteiger partial charge is 0.418 e. The Morgan fingerprint density at radius 3 is 2.38 bits per heavy atom. The zero-order valence-corrected chi connectivity index (χ0v) is 17.1. The number of carbonyl (C=O) groups excluding carboxylic acids is 2. The maximum Gasteiger partial charge on any atom is 0.418 e. The number of halogens is 3. The molecule has 1 aromatic heterocycles. The number of amides is 2. The molecule has 9 heteroatoms. The third kappa shape index (κ3) is 4.72. The molecule has 0 spiro atoms. The highest BCUT2D eigenvalue weighted by atomic mass is 19.4. The monoisotopic (exact) mass is 442 g/mol. The third-order valence-corrected chi connectivity index (χ3v) is 5.41. The van der Waals surface area contributed by atoms with E-state index < -0.39 is 17.6 Å². The molecule has 0 aliphatic carbocycles. The molecule has 0 unspecified atom stereocenters. The number of para-hydroxylation sites is 2. The van der Waals surface area contributed by atoms with Gasteiger partial charge in [0, 0.05) is 37.8 Å². The fourth-order valence-corrected chi connectivity index (χ4v) is 3.79. The Balaban J connectivity index is 1.35. The second-order valence-electron chi connectivity index (χ2n) is 7.54. The molecule has 4 rings (SSSR count). The first-order valence-electron chi connectivity index (χ1n) is 10.1. The van der Waals surface area contributed by atoms with E-state index in [-0.39, 0.29) is 18.1 Å². The number of hydrogen-bond acceptors (Lipinski definition) is 4. The molecule has 1 aliphatic heterocycles. The zero-order valence-electron chi connectivity index (χ0n) is 17.1. The number of benzene rings is 2. The van der Waals surface area contributed by atoms with Crippen molar-refractivity contribution in [3.05, 3.63) is 71.9 Å². The molecule has 0 bridgehead atoms. The first-order valence-corrected chi connectivity index (χ1v) is 10.1. The van der Waals surface area contributed by atoms with Crippen LogP contribution in [0.1, 0.15) is 15.9 Å². The van der Waals surface area contributed by atoms with Gasteiger partial charge in [0.2, 0.25) is 5.91 Å². The number of carbonyl (C=O) groups is 2. The molecule has 6 nitrogen and oxygen atoms in total. The second kappa shape index (κ2) is 8.96. The maximum absolute atomic E-state index is 13.1. The molecule has 3 aromatic rings. The fraction of sp³-hybridized carbons (Fsp3) is 0.261. The Labute approximate surface area is 182 Å². The first kappa shape index (κ1) is 21.8. The lowest BCUT2D eigenvalue weighted by Crippen LogP contribution is -2.50. The average molecular weight is 442 g/mol. The molecule has 166 valence electrons. The molecule has 0 atom stereocenters. The van der Waals surface area contributed by atoms with Gasteiger partial charge in [0.1, 0.15) is 0 Å². The summed E-state index contributed by atoms with van der Waals surface area (Å²) < 4.78 is 39.3. The minimum atomic E-state index is -4.55. The molecule has 1 aliphatic rings. The van der Waals surface area contributed by atoms with E-state index in [1.807, 2.05) is 29.2 Å². The van der Waals surface area contributed by atoms with Crippen LogP contribution in [0.25, 0.3) is 10.9 Å². The summed E-state index contributed by atoms with van der Waals surface area (Å²) in [5.74, 6) is -0.631. The van der Waals surface area contributed by atoms with Gasteiger partial charge in [0.15, 0.2) is 0 Å². The van der Waals surface area contributed by atoms with Gasteiger partial charge in [-0.3, -0.25) is 19.5 Å². The molecule has 2 aromatic carbocycles. The van der Waals surface area contributed by atoms with Crippen LogP contribution in [0.15, 0.2) is 60.8 Å². The van der Waals surface area contributed by atoms with E-state index in [4.69, 9.17) is 0 Å². The van der Waals surface area contributed by atoms with Gasteiger partial charge in [0.25, 0.3) is 5.91 Å². The van der Waals surface area contributed by atoms with E-state index in [1.165, 1.54) is 18.2 Å². The summed E-state index contributed by atoms with van der Waals surface area (Å²) in [4.78, 5) is 33.2. The summed E-state index contributed by atoms with van der Waals surface area (Å²) in [6.45, 7) is 1.68. The van der Waals surface area contributed by atoms with Crippen LogP contribution in [0.2, 0.25) is 0 Å². The van der Waals surface area contributed by atoms with Gasteiger partial charge in [-0.05, 0) is 24.3 Å². The predicted octanol–water partition coefficient (Wildman–Crippen LogP) is 3.65. The van der Waals surface area contributed by atoms with E-state index in [0.717, 1.165) is 17.0 Å². The summed E-state index contributed by atoms with van der Waals surface area (Å²) in [7, 11) is 0. The molecule has 1 saturated heterocycles. The van der Waals surface area contributed by atoms with E-state index in [2.05, 4.69) is 10.3 Å². The van der Waals surface area contributed by atoms with Crippen LogP contribution in [-0.2, 0) is 11.0 Å². The Hall–Kier alpha value is -3.46. The van der Waals surface area contributed by atoms with Crippen molar-refractivity contribution in [2.75, 3.05) is 38.0 Å². The molecule has 2 heterocycles. The number of piperazine rings is 1. The highest BCUT2D eigenvalue weighted by molar-refractivity contribution is 6.06. The number of pyridine rings is 1. The van der Waals surface area contributed by atoms with E-state index >= 15 is 0 Å². The highest BCUT2D eigenvalue weighted by Gasteiger charge is 2.33. The molecule has 0 saturated carbocycles. The molecule has 1 fully saturated rings. The number of nitrogens with one attached hydrogen (secondary N) is 1. The lowest BCUT2D eigenvalue weighted by molar-refractivity contribution is -0.137. The van der Waals surface area contributed by atoms with Crippen molar-refractivity contribution >= 4 is 28.4 Å². The Bertz CT molecular complexity index is 1140. The topological polar surface area (TPSA) is 65.5 Å². The van der Waals surface area contributed by atoms with Crippen LogP contribution in [0, 0.1) is 0 Å². The van der Waals surface area contributed by atoms with Crippen molar-refractivity contribution in [3.8, 4) is 0 Å². The summed E-state index contributed by atoms with van der Waals surface area (Å²) in [6, 6.07) is 14.0. The van der Waals surface area contributed by atoms with Gasteiger partial charge in [-0.15, -0.1) is 0 Å². The Morgan fingerprint density at radius 2 is 1.62 bits per heavy atom. The smallest absolute Gasteiger partial charge is 0.336 e. The summed E-state index contributed by atoms with van der Waals surface area (Å²) in [5.41, 5.74) is 0.176. The molecule has 0 radical (unpaired) electrons. The van der Waals surface area contributed by atoms with Crippen LogP contribution in [0.5, 0.6) is 0 Å². The van der Waals surface area contributed by atoms with Gasteiger partial charge >= 0.3 is 6.18 Å². The first-order chi connectivity index (χ1) is 15.3. The number of rotatable bonds is 4. The average Bonchev–Trinajstić information content (AvgIpc) is 2.78. The molecule has 1 N–H and O–H groups in total. The van der Waals surface area contributed by atoms with Crippen molar-refractivity contribution < 1.29 is 22.8 Å². The minimum Gasteiger partial charge on any atom is -0.336 e. The number of alkyl halides is 3. The van der Waals surface area contributed by atoms with Crippen LogP contribution in [0.3, 0.4) is 0 Å². The third-order valence-electron chi connectivity index (χ3n) is 5.41.